The van der Waals surface area contributed by atoms with Gasteiger partial charge in [0.05, 0.1) is 12.6 Å². The first-order valence-electron chi connectivity index (χ1n) is 7.55. The van der Waals surface area contributed by atoms with Gasteiger partial charge in [-0.15, -0.1) is 0 Å². The van der Waals surface area contributed by atoms with E-state index in [1.54, 1.807) is 23.1 Å². The first-order valence-corrected chi connectivity index (χ1v) is 7.55. The average Bonchev–Trinajstić information content (AvgIpc) is 2.80. The summed E-state index contributed by atoms with van der Waals surface area (Å²) in [7, 11) is 0. The molecule has 3 rings (SSSR count). The van der Waals surface area contributed by atoms with Crippen LogP contribution in [0.15, 0.2) is 18.2 Å². The minimum Gasteiger partial charge on any atom is -0.485 e. The Kier molecular flexibility index (Phi) is 3.37. The van der Waals surface area contributed by atoms with Crippen molar-refractivity contribution in [2.24, 2.45) is 0 Å². The number of nitrogens with zero attached hydrogens (tertiary/aromatic N) is 2. The van der Waals surface area contributed by atoms with Gasteiger partial charge in [-0.2, -0.15) is 0 Å². The van der Waals surface area contributed by atoms with Crippen LogP contribution in [0.5, 0.6) is 5.75 Å². The van der Waals surface area contributed by atoms with Crippen LogP contribution in [0.3, 0.4) is 0 Å². The molecule has 0 spiro atoms. The van der Waals surface area contributed by atoms with Gasteiger partial charge in [-0.25, -0.2) is 4.85 Å². The van der Waals surface area contributed by atoms with Gasteiger partial charge in [0.15, 0.2) is 5.69 Å². The summed E-state index contributed by atoms with van der Waals surface area (Å²) in [4.78, 5) is 17.5. The van der Waals surface area contributed by atoms with Crippen molar-refractivity contribution < 1.29 is 14.6 Å². The van der Waals surface area contributed by atoms with Crippen molar-refractivity contribution in [1.29, 1.82) is 0 Å². The summed E-state index contributed by atoms with van der Waals surface area (Å²) >= 11 is 0. The number of rotatable bonds is 1. The molecule has 5 heteroatoms. The number of ether oxygens (including phenoxy) is 1. The second-order valence-electron chi connectivity index (χ2n) is 6.62. The van der Waals surface area contributed by atoms with Gasteiger partial charge in [0.2, 0.25) is 5.91 Å². The Labute approximate surface area is 130 Å². The molecule has 1 saturated heterocycles. The number of hydrogen-bond acceptors (Lipinski definition) is 3. The molecule has 1 unspecified atom stereocenters. The Hall–Kier alpha value is -2.06. The Morgan fingerprint density at radius 3 is 2.77 bits per heavy atom. The fourth-order valence-corrected chi connectivity index (χ4v) is 3.40. The van der Waals surface area contributed by atoms with E-state index in [9.17, 15) is 9.90 Å². The standard InChI is InChI=1S/C17H20N2O3/c1-10-5-8-14(20)19(10)15-12-9-11(18-4)6-7-13(12)22-17(2,3)16(15)21/h6-7,9-10,15-16,21H,5,8H2,1-3H3/t10-,15?,16-/m1/s1. The number of carbonyl (C=O) groups excluding carboxylic acids is 1. The third-order valence-corrected chi connectivity index (χ3v) is 4.66. The zero-order valence-electron chi connectivity index (χ0n) is 13.0. The summed E-state index contributed by atoms with van der Waals surface area (Å²) in [5.41, 5.74) is 0.417. The van der Waals surface area contributed by atoms with Crippen LogP contribution in [0, 0.1) is 6.57 Å². The summed E-state index contributed by atoms with van der Waals surface area (Å²) < 4.78 is 5.90. The van der Waals surface area contributed by atoms with Gasteiger partial charge in [-0.3, -0.25) is 4.79 Å². The molecule has 1 N–H and O–H groups in total. The molecule has 5 nitrogen and oxygen atoms in total. The van der Waals surface area contributed by atoms with Crippen LogP contribution in [-0.4, -0.2) is 33.7 Å². The summed E-state index contributed by atoms with van der Waals surface area (Å²) in [6.07, 6.45) is 0.454. The number of carbonyl (C=O) groups is 1. The second-order valence-corrected chi connectivity index (χ2v) is 6.62. The van der Waals surface area contributed by atoms with E-state index in [-0.39, 0.29) is 11.9 Å². The van der Waals surface area contributed by atoms with E-state index in [4.69, 9.17) is 11.3 Å². The fourth-order valence-electron chi connectivity index (χ4n) is 3.40. The third-order valence-electron chi connectivity index (χ3n) is 4.66. The lowest BCUT2D eigenvalue weighted by molar-refractivity contribution is -0.142. The number of amides is 1. The van der Waals surface area contributed by atoms with Crippen molar-refractivity contribution in [3.63, 3.8) is 0 Å². The third kappa shape index (κ3) is 2.15. The van der Waals surface area contributed by atoms with Crippen LogP contribution in [0.25, 0.3) is 4.85 Å². The number of aliphatic hydroxyl groups excluding tert-OH is 1. The number of benzene rings is 1. The summed E-state index contributed by atoms with van der Waals surface area (Å²) in [5, 5.41) is 10.8. The predicted molar refractivity (Wildman–Crippen MR) is 81.7 cm³/mol. The molecule has 0 aromatic heterocycles. The van der Waals surface area contributed by atoms with E-state index in [0.29, 0.717) is 17.9 Å². The first-order chi connectivity index (χ1) is 10.3. The average molecular weight is 300 g/mol. The molecule has 1 aromatic carbocycles. The van der Waals surface area contributed by atoms with Crippen molar-refractivity contribution in [2.75, 3.05) is 0 Å². The highest BCUT2D eigenvalue weighted by Gasteiger charge is 2.48. The fraction of sp³-hybridized carbons (Fsp3) is 0.529. The van der Waals surface area contributed by atoms with E-state index in [1.807, 2.05) is 20.8 Å². The van der Waals surface area contributed by atoms with Crippen LogP contribution < -0.4 is 4.74 Å². The lowest BCUT2D eigenvalue weighted by Crippen LogP contribution is -2.55. The number of fused-ring (bicyclic) bond motifs is 1. The van der Waals surface area contributed by atoms with Gasteiger partial charge in [-0.05, 0) is 39.3 Å². The van der Waals surface area contributed by atoms with E-state index in [2.05, 4.69) is 4.85 Å². The maximum atomic E-state index is 12.3. The SMILES string of the molecule is [C-]#[N+]c1ccc2c(c1)C(N1C(=O)CC[C@H]1C)[C@@H](O)C(C)(C)O2. The minimum atomic E-state index is -0.842. The molecule has 0 bridgehead atoms. The number of likely N-dealkylation sites (tertiary alicyclic amines) is 1. The van der Waals surface area contributed by atoms with Gasteiger partial charge in [0, 0.05) is 18.0 Å². The molecule has 0 saturated carbocycles. The van der Waals surface area contributed by atoms with Gasteiger partial charge in [0.1, 0.15) is 17.5 Å². The van der Waals surface area contributed by atoms with E-state index in [1.165, 1.54) is 0 Å². The molecule has 2 aliphatic rings. The Bertz CT molecular complexity index is 662. The van der Waals surface area contributed by atoms with Crippen molar-refractivity contribution in [3.8, 4) is 5.75 Å². The van der Waals surface area contributed by atoms with Crippen molar-refractivity contribution in [2.45, 2.75) is 57.4 Å². The van der Waals surface area contributed by atoms with Gasteiger partial charge >= 0.3 is 0 Å². The predicted octanol–water partition coefficient (Wildman–Crippen LogP) is 2.82. The zero-order valence-corrected chi connectivity index (χ0v) is 13.0. The van der Waals surface area contributed by atoms with E-state index in [0.717, 1.165) is 12.0 Å². The molecule has 116 valence electrons. The highest BCUT2D eigenvalue weighted by molar-refractivity contribution is 5.79. The second kappa shape index (κ2) is 4.99. The molecule has 1 aromatic rings. The molecule has 1 amide bonds. The molecule has 0 radical (unpaired) electrons. The van der Waals surface area contributed by atoms with Crippen LogP contribution in [0.4, 0.5) is 5.69 Å². The Morgan fingerprint density at radius 2 is 2.18 bits per heavy atom. The molecular formula is C17H20N2O3. The van der Waals surface area contributed by atoms with Gasteiger partial charge < -0.3 is 14.7 Å². The summed E-state index contributed by atoms with van der Waals surface area (Å²) in [6, 6.07) is 4.79. The van der Waals surface area contributed by atoms with Gasteiger partial charge in [0.25, 0.3) is 0 Å². The van der Waals surface area contributed by atoms with Gasteiger partial charge in [-0.1, -0.05) is 6.07 Å². The van der Waals surface area contributed by atoms with Crippen LogP contribution >= 0.6 is 0 Å². The monoisotopic (exact) mass is 300 g/mol. The molecular weight excluding hydrogens is 280 g/mol. The molecule has 2 aliphatic heterocycles. The quantitative estimate of drug-likeness (QED) is 0.811. The van der Waals surface area contributed by atoms with E-state index < -0.39 is 17.7 Å². The molecule has 0 aliphatic carbocycles. The lowest BCUT2D eigenvalue weighted by Gasteiger charge is -2.46. The topological polar surface area (TPSA) is 54.1 Å². The number of hydrogen-bond donors (Lipinski definition) is 1. The summed E-state index contributed by atoms with van der Waals surface area (Å²) in [5.74, 6) is 0.688. The minimum absolute atomic E-state index is 0.0495. The Balaban J connectivity index is 2.15. The van der Waals surface area contributed by atoms with Crippen LogP contribution in [0.2, 0.25) is 0 Å². The molecule has 3 atom stereocenters. The summed E-state index contributed by atoms with van der Waals surface area (Å²) in [6.45, 7) is 12.8. The first kappa shape index (κ1) is 14.9. The molecule has 22 heavy (non-hydrogen) atoms. The maximum Gasteiger partial charge on any atom is 0.223 e. The van der Waals surface area contributed by atoms with Crippen molar-refractivity contribution in [1.82, 2.24) is 4.90 Å². The van der Waals surface area contributed by atoms with Crippen LogP contribution in [0.1, 0.15) is 45.2 Å². The van der Waals surface area contributed by atoms with Crippen molar-refractivity contribution >= 4 is 11.6 Å². The van der Waals surface area contributed by atoms with Crippen LogP contribution in [-0.2, 0) is 4.79 Å². The van der Waals surface area contributed by atoms with E-state index >= 15 is 0 Å². The lowest BCUT2D eigenvalue weighted by atomic mass is 9.85. The number of aliphatic hydroxyl groups is 1. The largest absolute Gasteiger partial charge is 0.485 e. The molecule has 1 fully saturated rings. The molecule has 2 heterocycles. The highest BCUT2D eigenvalue weighted by atomic mass is 16.5. The maximum absolute atomic E-state index is 12.3. The Morgan fingerprint density at radius 1 is 1.45 bits per heavy atom. The van der Waals surface area contributed by atoms with Crippen molar-refractivity contribution in [3.05, 3.63) is 35.2 Å². The highest BCUT2D eigenvalue weighted by Crippen LogP contribution is 2.46. The smallest absolute Gasteiger partial charge is 0.223 e. The zero-order chi connectivity index (χ0) is 16.1. The normalized spacial score (nSPS) is 29.7.